The number of hydrogen-bond donors (Lipinski definition) is 1. The van der Waals surface area contributed by atoms with Crippen molar-refractivity contribution in [3.8, 4) is 0 Å². The average molecular weight is 396 g/mol. The lowest BCUT2D eigenvalue weighted by atomic mass is 10.0. The molecule has 1 aromatic rings. The summed E-state index contributed by atoms with van der Waals surface area (Å²) in [6.07, 6.45) is 0. The number of benzene rings is 1. The van der Waals surface area contributed by atoms with Gasteiger partial charge < -0.3 is 10.0 Å². The summed E-state index contributed by atoms with van der Waals surface area (Å²) in [6, 6.07) is 2.11. The summed E-state index contributed by atoms with van der Waals surface area (Å²) in [6.45, 7) is 4.66. The van der Waals surface area contributed by atoms with Crippen molar-refractivity contribution in [2.45, 2.75) is 26.3 Å². The number of anilines is 1. The molecule has 0 atom stereocenters. The third kappa shape index (κ3) is 3.78. The lowest BCUT2D eigenvalue weighted by molar-refractivity contribution is -0.384. The van der Waals surface area contributed by atoms with Crippen LogP contribution in [0.3, 0.4) is 0 Å². The zero-order valence-corrected chi connectivity index (χ0v) is 13.3. The molecule has 0 aromatic heterocycles. The molecule has 1 aromatic carbocycles. The maximum Gasteiger partial charge on any atom is 0.323 e. The quantitative estimate of drug-likeness (QED) is 0.481. The van der Waals surface area contributed by atoms with Crippen molar-refractivity contribution in [2.75, 3.05) is 11.4 Å². The van der Waals surface area contributed by atoms with Gasteiger partial charge in [-0.15, -0.1) is 0 Å². The van der Waals surface area contributed by atoms with E-state index in [0.29, 0.717) is 0 Å². The van der Waals surface area contributed by atoms with Gasteiger partial charge in [-0.2, -0.15) is 0 Å². The summed E-state index contributed by atoms with van der Waals surface area (Å²) in [5.41, 5.74) is -1.06. The van der Waals surface area contributed by atoms with Crippen LogP contribution in [0.1, 0.15) is 20.8 Å². The van der Waals surface area contributed by atoms with Crippen LogP contribution in [0.15, 0.2) is 12.1 Å². The van der Waals surface area contributed by atoms with E-state index in [1.54, 1.807) is 43.4 Å². The van der Waals surface area contributed by atoms with Crippen molar-refractivity contribution in [2.24, 2.45) is 0 Å². The van der Waals surface area contributed by atoms with Crippen molar-refractivity contribution in [1.82, 2.24) is 0 Å². The van der Waals surface area contributed by atoms with E-state index in [0.717, 1.165) is 12.1 Å². The molecule has 0 amide bonds. The normalized spacial score (nSPS) is 11.2. The molecule has 0 aliphatic carbocycles. The zero-order chi connectivity index (χ0) is 15.7. The van der Waals surface area contributed by atoms with Crippen LogP contribution in [0.4, 0.5) is 15.8 Å². The Morgan fingerprint density at radius 3 is 2.45 bits per heavy atom. The SMILES string of the molecule is CC(C)(C)N(CC(=O)O)c1cc(F)c(I)cc1[N+](=O)[O-]. The molecular weight excluding hydrogens is 382 g/mol. The summed E-state index contributed by atoms with van der Waals surface area (Å²) >= 11 is 1.66. The minimum Gasteiger partial charge on any atom is -0.480 e. The molecule has 0 saturated carbocycles. The number of carboxylic acid groups (broad SMARTS) is 1. The Hall–Kier alpha value is -1.45. The van der Waals surface area contributed by atoms with E-state index in [1.165, 1.54) is 4.90 Å². The van der Waals surface area contributed by atoms with Gasteiger partial charge >= 0.3 is 5.97 Å². The van der Waals surface area contributed by atoms with Crippen LogP contribution in [-0.4, -0.2) is 28.1 Å². The maximum atomic E-state index is 13.7. The fourth-order valence-electron chi connectivity index (χ4n) is 1.71. The van der Waals surface area contributed by atoms with Crippen LogP contribution >= 0.6 is 22.6 Å². The Labute approximate surface area is 128 Å². The Bertz CT molecular complexity index is 557. The highest BCUT2D eigenvalue weighted by atomic mass is 127. The van der Waals surface area contributed by atoms with Crippen LogP contribution in [-0.2, 0) is 4.79 Å². The minimum absolute atomic E-state index is 0.0391. The lowest BCUT2D eigenvalue weighted by Crippen LogP contribution is -2.45. The molecule has 1 N–H and O–H groups in total. The second kappa shape index (κ2) is 5.90. The van der Waals surface area contributed by atoms with E-state index in [1.807, 2.05) is 0 Å². The van der Waals surface area contributed by atoms with Gasteiger partial charge in [-0.25, -0.2) is 4.39 Å². The van der Waals surface area contributed by atoms with Crippen molar-refractivity contribution in [3.63, 3.8) is 0 Å². The topological polar surface area (TPSA) is 83.7 Å². The van der Waals surface area contributed by atoms with Crippen LogP contribution in [0, 0.1) is 19.5 Å². The molecule has 110 valence electrons. The molecule has 0 heterocycles. The molecule has 8 heteroatoms. The third-order valence-corrected chi connectivity index (χ3v) is 3.43. The molecule has 0 aliphatic heterocycles. The van der Waals surface area contributed by atoms with Crippen molar-refractivity contribution < 1.29 is 19.2 Å². The number of nitro benzene ring substituents is 1. The first-order chi connectivity index (χ1) is 9.04. The van der Waals surface area contributed by atoms with E-state index in [-0.39, 0.29) is 14.9 Å². The first-order valence-electron chi connectivity index (χ1n) is 5.67. The molecular formula is C12H14FIN2O4. The number of carboxylic acids is 1. The fourth-order valence-corrected chi connectivity index (χ4v) is 2.16. The molecule has 0 unspecified atom stereocenters. The minimum atomic E-state index is -1.15. The standard InChI is InChI=1S/C12H14FIN2O4/c1-12(2,3)15(6-11(17)18)9-4-7(13)8(14)5-10(9)16(19)20/h4-5H,6H2,1-3H3,(H,17,18). The molecule has 0 bridgehead atoms. The van der Waals surface area contributed by atoms with E-state index in [4.69, 9.17) is 5.11 Å². The number of hydrogen-bond acceptors (Lipinski definition) is 4. The first kappa shape index (κ1) is 16.6. The summed E-state index contributed by atoms with van der Waals surface area (Å²) in [4.78, 5) is 22.7. The number of carbonyl (C=O) groups is 1. The molecule has 0 spiro atoms. The molecule has 0 fully saturated rings. The number of rotatable bonds is 4. The highest BCUT2D eigenvalue weighted by Crippen LogP contribution is 2.35. The van der Waals surface area contributed by atoms with E-state index < -0.39 is 28.8 Å². The summed E-state index contributed by atoms with van der Waals surface area (Å²) in [7, 11) is 0. The first-order valence-corrected chi connectivity index (χ1v) is 6.74. The Kier molecular flexibility index (Phi) is 4.90. The van der Waals surface area contributed by atoms with Crippen LogP contribution in [0.25, 0.3) is 0 Å². The average Bonchev–Trinajstić information content (AvgIpc) is 2.27. The number of nitrogens with zero attached hydrogens (tertiary/aromatic N) is 2. The van der Waals surface area contributed by atoms with E-state index in [9.17, 15) is 19.3 Å². The fraction of sp³-hybridized carbons (Fsp3) is 0.417. The molecule has 20 heavy (non-hydrogen) atoms. The number of nitro groups is 1. The van der Waals surface area contributed by atoms with Crippen LogP contribution in [0.2, 0.25) is 0 Å². The predicted octanol–water partition coefficient (Wildman–Crippen LogP) is 3.03. The van der Waals surface area contributed by atoms with Crippen LogP contribution in [0.5, 0.6) is 0 Å². The second-order valence-electron chi connectivity index (χ2n) is 5.16. The second-order valence-corrected chi connectivity index (χ2v) is 6.33. The Morgan fingerprint density at radius 1 is 1.50 bits per heavy atom. The van der Waals surface area contributed by atoms with Gasteiger partial charge in [-0.05, 0) is 43.4 Å². The van der Waals surface area contributed by atoms with Gasteiger partial charge in [0.1, 0.15) is 18.0 Å². The molecule has 0 aliphatic rings. The smallest absolute Gasteiger partial charge is 0.323 e. The van der Waals surface area contributed by atoms with Crippen molar-refractivity contribution >= 4 is 39.9 Å². The van der Waals surface area contributed by atoms with E-state index in [2.05, 4.69) is 0 Å². The number of aliphatic carboxylic acids is 1. The third-order valence-electron chi connectivity index (χ3n) is 2.61. The van der Waals surface area contributed by atoms with Gasteiger partial charge in [-0.1, -0.05) is 0 Å². The van der Waals surface area contributed by atoms with E-state index >= 15 is 0 Å². The highest BCUT2D eigenvalue weighted by Gasteiger charge is 2.30. The van der Waals surface area contributed by atoms with Crippen molar-refractivity contribution in [3.05, 3.63) is 31.6 Å². The number of halogens is 2. The monoisotopic (exact) mass is 396 g/mol. The summed E-state index contributed by atoms with van der Waals surface area (Å²) in [5.74, 6) is -1.76. The predicted molar refractivity (Wildman–Crippen MR) is 80.5 cm³/mol. The van der Waals surface area contributed by atoms with Gasteiger partial charge in [0.15, 0.2) is 0 Å². The Balaban J connectivity index is 3.50. The summed E-state index contributed by atoms with van der Waals surface area (Å²) < 4.78 is 13.8. The van der Waals surface area contributed by atoms with Gasteiger partial charge in [0.2, 0.25) is 0 Å². The van der Waals surface area contributed by atoms with Gasteiger partial charge in [0.25, 0.3) is 5.69 Å². The highest BCUT2D eigenvalue weighted by molar-refractivity contribution is 14.1. The molecule has 0 saturated heterocycles. The maximum absolute atomic E-state index is 13.7. The zero-order valence-electron chi connectivity index (χ0n) is 11.2. The lowest BCUT2D eigenvalue weighted by Gasteiger charge is -2.36. The Morgan fingerprint density at radius 2 is 2.05 bits per heavy atom. The molecule has 1 rings (SSSR count). The molecule has 6 nitrogen and oxygen atoms in total. The van der Waals surface area contributed by atoms with Gasteiger partial charge in [0, 0.05) is 17.7 Å². The van der Waals surface area contributed by atoms with Gasteiger partial charge in [-0.3, -0.25) is 14.9 Å². The van der Waals surface area contributed by atoms with Crippen molar-refractivity contribution in [1.29, 1.82) is 0 Å². The molecule has 0 radical (unpaired) electrons. The van der Waals surface area contributed by atoms with Crippen LogP contribution < -0.4 is 4.90 Å². The summed E-state index contributed by atoms with van der Waals surface area (Å²) in [5, 5.41) is 20.1. The largest absolute Gasteiger partial charge is 0.480 e. The van der Waals surface area contributed by atoms with Gasteiger partial charge in [0.05, 0.1) is 8.49 Å².